The Morgan fingerprint density at radius 3 is 2.39 bits per heavy atom. The maximum atomic E-state index is 13.2. The van der Waals surface area contributed by atoms with E-state index in [9.17, 15) is 13.2 Å². The van der Waals surface area contributed by atoms with Crippen LogP contribution in [0.3, 0.4) is 0 Å². The van der Waals surface area contributed by atoms with Crippen molar-refractivity contribution in [1.29, 1.82) is 0 Å². The van der Waals surface area contributed by atoms with Crippen molar-refractivity contribution in [2.75, 3.05) is 6.26 Å². The zero-order chi connectivity index (χ0) is 26.3. The van der Waals surface area contributed by atoms with Crippen molar-refractivity contribution in [2.24, 2.45) is 5.92 Å². The summed E-state index contributed by atoms with van der Waals surface area (Å²) < 4.78 is 24.3. The van der Waals surface area contributed by atoms with Gasteiger partial charge in [0.1, 0.15) is 0 Å². The van der Waals surface area contributed by atoms with E-state index in [0.29, 0.717) is 0 Å². The number of hydrogen-bond acceptors (Lipinski definition) is 4. The molecule has 3 aromatic rings. The molecule has 7 heteroatoms. The number of amides is 1. The summed E-state index contributed by atoms with van der Waals surface area (Å²) in [6, 6.07) is 16.4. The molecule has 1 amide bonds. The summed E-state index contributed by atoms with van der Waals surface area (Å²) in [5.41, 5.74) is 6.77. The van der Waals surface area contributed by atoms with E-state index >= 15 is 0 Å². The Hall–Kier alpha value is -2.43. The Balaban J connectivity index is 1.50. The van der Waals surface area contributed by atoms with Crippen molar-refractivity contribution < 1.29 is 13.2 Å². The zero-order valence-electron chi connectivity index (χ0n) is 21.7. The van der Waals surface area contributed by atoms with E-state index in [-0.39, 0.29) is 29.2 Å². The Morgan fingerprint density at radius 1 is 1.08 bits per heavy atom. The third kappa shape index (κ3) is 6.27. The molecule has 189 valence electrons. The molecule has 1 saturated carbocycles. The number of pyridine rings is 1. The molecule has 0 spiro atoms. The normalized spacial score (nSPS) is 18.8. The van der Waals surface area contributed by atoms with Gasteiger partial charge in [-0.2, -0.15) is 0 Å². The monoisotopic (exact) mass is 565 g/mol. The molecule has 3 atom stereocenters. The Bertz CT molecular complexity index is 1380. The SMILES string of the molecule is Cc1cc([C@@H](C)NC(=O)C2CC2c2ccc(C(C)(C)C)cc2-c2ccncc2)ccc1[As]S(C)(=O)=O. The van der Waals surface area contributed by atoms with Gasteiger partial charge in [0.05, 0.1) is 0 Å². The quantitative estimate of drug-likeness (QED) is 0.424. The van der Waals surface area contributed by atoms with Gasteiger partial charge in [0.2, 0.25) is 0 Å². The second-order valence-corrected chi connectivity index (χ2v) is 18.8. The van der Waals surface area contributed by atoms with Crippen molar-refractivity contribution in [1.82, 2.24) is 10.3 Å². The van der Waals surface area contributed by atoms with Crippen molar-refractivity contribution in [3.05, 3.63) is 83.2 Å². The minimum atomic E-state index is -3.00. The van der Waals surface area contributed by atoms with Crippen LogP contribution in [0.1, 0.15) is 68.3 Å². The molecule has 1 N–H and O–H groups in total. The molecule has 1 aliphatic carbocycles. The van der Waals surface area contributed by atoms with E-state index in [1.165, 1.54) is 22.9 Å². The molecule has 0 bridgehead atoms. The number of aryl methyl sites for hydroxylation is 1. The Morgan fingerprint density at radius 2 is 1.78 bits per heavy atom. The molecule has 2 aromatic carbocycles. The number of nitrogens with one attached hydrogen (secondary N) is 1. The van der Waals surface area contributed by atoms with Gasteiger partial charge < -0.3 is 0 Å². The molecule has 36 heavy (non-hydrogen) atoms. The second kappa shape index (κ2) is 10.1. The summed E-state index contributed by atoms with van der Waals surface area (Å²) in [4.78, 5) is 17.4. The van der Waals surface area contributed by atoms with Crippen LogP contribution in [0, 0.1) is 12.8 Å². The first-order valence-corrected chi connectivity index (χ1v) is 17.3. The van der Waals surface area contributed by atoms with Gasteiger partial charge in [-0.3, -0.25) is 4.98 Å². The van der Waals surface area contributed by atoms with Gasteiger partial charge in [0.25, 0.3) is 0 Å². The molecule has 2 unspecified atom stereocenters. The third-order valence-corrected chi connectivity index (χ3v) is 11.7. The van der Waals surface area contributed by atoms with Crippen molar-refractivity contribution >= 4 is 33.0 Å². The standard InChI is InChI=1S/C29H34AsN2O3S/c1-18-15-21(7-10-27(18)30-36(6,34)35)19(2)32-28(33)26-17-25(26)23-9-8-22(29(3,4)5)16-24(23)20-11-13-31-14-12-20/h7-16,19,25-26H,17H2,1-6H3,(H,32,33)/t19-,25?,26?/m1/s1. The van der Waals surface area contributed by atoms with Gasteiger partial charge in [0, 0.05) is 12.4 Å². The van der Waals surface area contributed by atoms with Crippen LogP contribution in [-0.4, -0.2) is 40.2 Å². The summed E-state index contributed by atoms with van der Waals surface area (Å²) in [5.74, 6) is 0.207. The molecule has 1 fully saturated rings. The fourth-order valence-corrected chi connectivity index (χ4v) is 8.98. The van der Waals surface area contributed by atoms with Gasteiger partial charge in [-0.25, -0.2) is 0 Å². The molecule has 1 radical (unpaired) electrons. The minimum absolute atomic E-state index is 0.0345. The second-order valence-electron chi connectivity index (χ2n) is 10.8. The van der Waals surface area contributed by atoms with E-state index in [2.05, 4.69) is 49.3 Å². The van der Waals surface area contributed by atoms with E-state index < -0.39 is 22.7 Å². The summed E-state index contributed by atoms with van der Waals surface area (Å²) >= 11 is -0.911. The first-order chi connectivity index (χ1) is 16.8. The number of rotatable bonds is 7. The summed E-state index contributed by atoms with van der Waals surface area (Å²) in [6.07, 6.45) is 5.74. The van der Waals surface area contributed by atoms with Gasteiger partial charge in [0.15, 0.2) is 0 Å². The van der Waals surface area contributed by atoms with E-state index in [1.807, 2.05) is 56.6 Å². The zero-order valence-corrected chi connectivity index (χ0v) is 24.4. The predicted octanol–water partition coefficient (Wildman–Crippen LogP) is 4.62. The summed E-state index contributed by atoms with van der Waals surface area (Å²) in [6.45, 7) is 10.6. The van der Waals surface area contributed by atoms with Gasteiger partial charge >= 0.3 is 160 Å². The fourth-order valence-electron chi connectivity index (χ4n) is 4.59. The van der Waals surface area contributed by atoms with Crippen LogP contribution in [0.4, 0.5) is 0 Å². The molecule has 1 heterocycles. The molecule has 0 aliphatic heterocycles. The summed E-state index contributed by atoms with van der Waals surface area (Å²) in [5, 5.41) is 3.19. The van der Waals surface area contributed by atoms with E-state index in [0.717, 1.165) is 27.5 Å². The average Bonchev–Trinajstić information content (AvgIpc) is 3.60. The number of aromatic nitrogens is 1. The van der Waals surface area contributed by atoms with Crippen LogP contribution in [0.2, 0.25) is 0 Å². The third-order valence-electron chi connectivity index (χ3n) is 6.78. The topological polar surface area (TPSA) is 76.1 Å². The van der Waals surface area contributed by atoms with Gasteiger partial charge in [-0.1, -0.05) is 20.8 Å². The molecule has 1 aromatic heterocycles. The van der Waals surface area contributed by atoms with Crippen molar-refractivity contribution in [2.45, 2.75) is 58.4 Å². The van der Waals surface area contributed by atoms with Crippen LogP contribution in [-0.2, 0) is 18.3 Å². The van der Waals surface area contributed by atoms with Crippen molar-refractivity contribution in [3.8, 4) is 11.1 Å². The van der Waals surface area contributed by atoms with Crippen molar-refractivity contribution in [3.63, 3.8) is 0 Å². The molecular formula is C29H34AsN2O3S. The molecular weight excluding hydrogens is 531 g/mol. The van der Waals surface area contributed by atoms with E-state index in [4.69, 9.17) is 0 Å². The number of benzene rings is 2. The maximum absolute atomic E-state index is 13.2. The predicted molar refractivity (Wildman–Crippen MR) is 147 cm³/mol. The van der Waals surface area contributed by atoms with Crippen LogP contribution < -0.4 is 9.67 Å². The first-order valence-electron chi connectivity index (χ1n) is 12.2. The molecule has 1 aliphatic rings. The molecule has 5 nitrogen and oxygen atoms in total. The van der Waals surface area contributed by atoms with E-state index in [1.54, 1.807) is 0 Å². The van der Waals surface area contributed by atoms with Crippen LogP contribution in [0.5, 0.6) is 0 Å². The number of carbonyl (C=O) groups excluding carboxylic acids is 1. The molecule has 0 saturated heterocycles. The average molecular weight is 566 g/mol. The first kappa shape index (κ1) is 26.6. The van der Waals surface area contributed by atoms with Gasteiger partial charge in [-0.15, -0.1) is 0 Å². The number of nitrogens with zero attached hydrogens (tertiary/aromatic N) is 1. The number of carbonyl (C=O) groups is 1. The van der Waals surface area contributed by atoms with Gasteiger partial charge in [-0.05, 0) is 23.1 Å². The molecule has 4 rings (SSSR count). The van der Waals surface area contributed by atoms with Crippen LogP contribution >= 0.6 is 0 Å². The number of hydrogen-bond donors (Lipinski definition) is 1. The Kier molecular flexibility index (Phi) is 7.50. The Labute approximate surface area is 220 Å². The summed E-state index contributed by atoms with van der Waals surface area (Å²) in [7, 11) is -3.00. The fraction of sp³-hybridized carbons (Fsp3) is 0.379. The van der Waals surface area contributed by atoms with Crippen LogP contribution in [0.25, 0.3) is 11.1 Å². The van der Waals surface area contributed by atoms with Crippen LogP contribution in [0.15, 0.2) is 60.9 Å².